The lowest BCUT2D eigenvalue weighted by Crippen LogP contribution is -1.98. The maximum absolute atomic E-state index is 10.6. The molecule has 4 nitrogen and oxygen atoms in total. The Morgan fingerprint density at radius 2 is 1.95 bits per heavy atom. The maximum Gasteiger partial charge on any atom is 0.270 e. The van der Waals surface area contributed by atoms with E-state index in [9.17, 15) is 10.1 Å². The van der Waals surface area contributed by atoms with E-state index in [0.717, 1.165) is 5.56 Å². The van der Waals surface area contributed by atoms with Gasteiger partial charge in [-0.15, -0.1) is 0 Å². The zero-order valence-corrected chi connectivity index (χ0v) is 12.1. The van der Waals surface area contributed by atoms with E-state index in [1.807, 2.05) is 13.0 Å². The third-order valence-electron chi connectivity index (χ3n) is 2.78. The molecule has 20 heavy (non-hydrogen) atoms. The second-order valence-electron chi connectivity index (χ2n) is 4.23. The van der Waals surface area contributed by atoms with Crippen LogP contribution in [-0.4, -0.2) is 4.92 Å². The first-order valence-electron chi connectivity index (χ1n) is 5.79. The first kappa shape index (κ1) is 14.6. The van der Waals surface area contributed by atoms with Gasteiger partial charge in [-0.05, 0) is 30.7 Å². The van der Waals surface area contributed by atoms with Gasteiger partial charge in [-0.1, -0.05) is 29.3 Å². The summed E-state index contributed by atoms with van der Waals surface area (Å²) in [6, 6.07) is 9.65. The zero-order valence-electron chi connectivity index (χ0n) is 10.6. The Labute approximate surface area is 126 Å². The highest BCUT2D eigenvalue weighted by molar-refractivity contribution is 6.31. The molecule has 0 aliphatic carbocycles. The summed E-state index contributed by atoms with van der Waals surface area (Å²) in [5.41, 5.74) is 1.58. The molecule has 104 valence electrons. The van der Waals surface area contributed by atoms with Crippen molar-refractivity contribution in [2.24, 2.45) is 0 Å². The first-order valence-corrected chi connectivity index (χ1v) is 6.55. The predicted octanol–water partition coefficient (Wildman–Crippen LogP) is 4.79. The van der Waals surface area contributed by atoms with Crippen LogP contribution in [0.1, 0.15) is 11.1 Å². The van der Waals surface area contributed by atoms with Crippen molar-refractivity contribution in [1.82, 2.24) is 0 Å². The van der Waals surface area contributed by atoms with Gasteiger partial charge in [0.2, 0.25) is 0 Å². The van der Waals surface area contributed by atoms with Gasteiger partial charge in [-0.2, -0.15) is 0 Å². The minimum Gasteiger partial charge on any atom is -0.489 e. The molecule has 0 aromatic heterocycles. The molecule has 2 aromatic carbocycles. The van der Waals surface area contributed by atoms with E-state index in [4.69, 9.17) is 27.9 Å². The van der Waals surface area contributed by atoms with Gasteiger partial charge in [0.1, 0.15) is 12.4 Å². The number of halogens is 2. The normalized spacial score (nSPS) is 10.3. The molecule has 0 radical (unpaired) electrons. The third kappa shape index (κ3) is 3.40. The fourth-order valence-corrected chi connectivity index (χ4v) is 2.04. The van der Waals surface area contributed by atoms with Crippen molar-refractivity contribution in [3.05, 3.63) is 67.7 Å². The van der Waals surface area contributed by atoms with E-state index in [0.29, 0.717) is 21.4 Å². The van der Waals surface area contributed by atoms with Crippen LogP contribution in [0.3, 0.4) is 0 Å². The maximum atomic E-state index is 10.6. The summed E-state index contributed by atoms with van der Waals surface area (Å²) in [4.78, 5) is 10.1. The Hall–Kier alpha value is -1.78. The van der Waals surface area contributed by atoms with E-state index in [-0.39, 0.29) is 12.3 Å². The van der Waals surface area contributed by atoms with Gasteiger partial charge >= 0.3 is 0 Å². The average molecular weight is 312 g/mol. The van der Waals surface area contributed by atoms with Crippen LogP contribution in [-0.2, 0) is 6.61 Å². The largest absolute Gasteiger partial charge is 0.489 e. The molecular weight excluding hydrogens is 301 g/mol. The molecule has 6 heteroatoms. The number of non-ortho nitro benzene ring substituents is 1. The van der Waals surface area contributed by atoms with Crippen molar-refractivity contribution in [3.8, 4) is 5.75 Å². The van der Waals surface area contributed by atoms with Gasteiger partial charge in [0.05, 0.1) is 9.95 Å². The SMILES string of the molecule is Cc1ccc(Cl)cc1OCc1ccc([N+](=O)[O-])cc1Cl. The van der Waals surface area contributed by atoms with Crippen molar-refractivity contribution < 1.29 is 9.66 Å². The van der Waals surface area contributed by atoms with Gasteiger partial charge in [0.25, 0.3) is 5.69 Å². The lowest BCUT2D eigenvalue weighted by molar-refractivity contribution is -0.384. The van der Waals surface area contributed by atoms with Crippen LogP contribution in [0.15, 0.2) is 36.4 Å². The topological polar surface area (TPSA) is 52.4 Å². The Bertz CT molecular complexity index is 659. The Balaban J connectivity index is 2.15. The molecule has 0 saturated carbocycles. The molecular formula is C14H11Cl2NO3. The molecule has 0 bridgehead atoms. The predicted molar refractivity (Wildman–Crippen MR) is 78.6 cm³/mol. The van der Waals surface area contributed by atoms with Crippen LogP contribution in [0, 0.1) is 17.0 Å². The number of benzene rings is 2. The first-order chi connectivity index (χ1) is 9.47. The monoisotopic (exact) mass is 311 g/mol. The summed E-state index contributed by atoms with van der Waals surface area (Å²) < 4.78 is 5.65. The molecule has 0 aliphatic heterocycles. The molecule has 0 unspecified atom stereocenters. The van der Waals surface area contributed by atoms with Crippen LogP contribution in [0.5, 0.6) is 5.75 Å². The Morgan fingerprint density at radius 1 is 1.20 bits per heavy atom. The van der Waals surface area contributed by atoms with E-state index >= 15 is 0 Å². The summed E-state index contributed by atoms with van der Waals surface area (Å²) in [5.74, 6) is 0.659. The molecule has 0 spiro atoms. The second-order valence-corrected chi connectivity index (χ2v) is 5.07. The third-order valence-corrected chi connectivity index (χ3v) is 3.37. The number of nitrogens with zero attached hydrogens (tertiary/aromatic N) is 1. The molecule has 0 amide bonds. The van der Waals surface area contributed by atoms with E-state index in [2.05, 4.69) is 0 Å². The number of aryl methyl sites for hydroxylation is 1. The second kappa shape index (κ2) is 6.11. The standard InChI is InChI=1S/C14H11Cl2NO3/c1-9-2-4-11(15)6-14(9)20-8-10-3-5-12(17(18)19)7-13(10)16/h2-7H,8H2,1H3. The van der Waals surface area contributed by atoms with Gasteiger partial charge in [-0.3, -0.25) is 10.1 Å². The highest BCUT2D eigenvalue weighted by Gasteiger charge is 2.10. The molecule has 0 aliphatic rings. The fraction of sp³-hybridized carbons (Fsp3) is 0.143. The van der Waals surface area contributed by atoms with Crippen molar-refractivity contribution in [2.45, 2.75) is 13.5 Å². The van der Waals surface area contributed by atoms with Crippen LogP contribution >= 0.6 is 23.2 Å². The molecule has 0 fully saturated rings. The molecule has 0 saturated heterocycles. The van der Waals surface area contributed by atoms with Gasteiger partial charge in [0, 0.05) is 22.7 Å². The summed E-state index contributed by atoms with van der Waals surface area (Å²) in [6.45, 7) is 2.13. The van der Waals surface area contributed by atoms with Crippen LogP contribution < -0.4 is 4.74 Å². The molecule has 2 aromatic rings. The van der Waals surface area contributed by atoms with Crippen molar-refractivity contribution in [1.29, 1.82) is 0 Å². The number of nitro groups is 1. The Morgan fingerprint density at radius 3 is 2.60 bits per heavy atom. The zero-order chi connectivity index (χ0) is 14.7. The smallest absolute Gasteiger partial charge is 0.270 e. The van der Waals surface area contributed by atoms with Crippen molar-refractivity contribution in [3.63, 3.8) is 0 Å². The molecule has 0 heterocycles. The number of hydrogen-bond acceptors (Lipinski definition) is 3. The van der Waals surface area contributed by atoms with Gasteiger partial charge < -0.3 is 4.74 Å². The van der Waals surface area contributed by atoms with E-state index in [1.54, 1.807) is 18.2 Å². The highest BCUT2D eigenvalue weighted by Crippen LogP contribution is 2.26. The number of rotatable bonds is 4. The van der Waals surface area contributed by atoms with E-state index < -0.39 is 4.92 Å². The summed E-state index contributed by atoms with van der Waals surface area (Å²) in [7, 11) is 0. The number of hydrogen-bond donors (Lipinski definition) is 0. The van der Waals surface area contributed by atoms with Gasteiger partial charge in [0.15, 0.2) is 0 Å². The summed E-state index contributed by atoms with van der Waals surface area (Å²) >= 11 is 11.9. The Kier molecular flexibility index (Phi) is 4.47. The lowest BCUT2D eigenvalue weighted by Gasteiger charge is -2.10. The molecule has 2 rings (SSSR count). The summed E-state index contributed by atoms with van der Waals surface area (Å²) in [6.07, 6.45) is 0. The van der Waals surface area contributed by atoms with Crippen LogP contribution in [0.4, 0.5) is 5.69 Å². The molecule has 0 atom stereocenters. The number of nitro benzene ring substituents is 1. The fourth-order valence-electron chi connectivity index (χ4n) is 1.65. The highest BCUT2D eigenvalue weighted by atomic mass is 35.5. The number of ether oxygens (including phenoxy) is 1. The lowest BCUT2D eigenvalue weighted by atomic mass is 10.2. The van der Waals surface area contributed by atoms with Gasteiger partial charge in [-0.25, -0.2) is 0 Å². The van der Waals surface area contributed by atoms with Crippen molar-refractivity contribution >= 4 is 28.9 Å². The minimum absolute atomic E-state index is 0.0438. The summed E-state index contributed by atoms with van der Waals surface area (Å²) in [5, 5.41) is 11.5. The minimum atomic E-state index is -0.488. The average Bonchev–Trinajstić information content (AvgIpc) is 2.40. The van der Waals surface area contributed by atoms with Crippen molar-refractivity contribution in [2.75, 3.05) is 0 Å². The quantitative estimate of drug-likeness (QED) is 0.602. The van der Waals surface area contributed by atoms with Crippen LogP contribution in [0.25, 0.3) is 0 Å². The van der Waals surface area contributed by atoms with Crippen LogP contribution in [0.2, 0.25) is 10.0 Å². The van der Waals surface area contributed by atoms with E-state index in [1.165, 1.54) is 12.1 Å². The molecule has 0 N–H and O–H groups in total.